The summed E-state index contributed by atoms with van der Waals surface area (Å²) in [5.74, 6) is -0.969. The Morgan fingerprint density at radius 1 is 1.08 bits per heavy atom. The number of thiazole rings is 1. The van der Waals surface area contributed by atoms with Gasteiger partial charge in [-0.05, 0) is 36.8 Å². The van der Waals surface area contributed by atoms with Crippen LogP contribution in [0.3, 0.4) is 0 Å². The molecule has 7 heteroatoms. The third-order valence-electron chi connectivity index (χ3n) is 3.89. The topological polar surface area (TPSA) is 71.1 Å². The van der Waals surface area contributed by atoms with Crippen molar-refractivity contribution in [2.45, 2.75) is 6.92 Å². The normalized spacial score (nSPS) is 10.4. The molecule has 2 aromatic carbocycles. The summed E-state index contributed by atoms with van der Waals surface area (Å²) in [6, 6.07) is 11.4. The van der Waals surface area contributed by atoms with Crippen molar-refractivity contribution in [2.75, 3.05) is 12.4 Å². The number of amides is 2. The van der Waals surface area contributed by atoms with Crippen LogP contribution in [0.15, 0.2) is 48.7 Å². The number of nitrogens with one attached hydrogen (secondary N) is 2. The highest BCUT2D eigenvalue weighted by Gasteiger charge is 2.16. The van der Waals surface area contributed by atoms with E-state index in [9.17, 15) is 14.0 Å². The highest BCUT2D eigenvalue weighted by Crippen LogP contribution is 2.28. The lowest BCUT2D eigenvalue weighted by molar-refractivity contribution is 0.0961. The fourth-order valence-corrected chi connectivity index (χ4v) is 3.31. The Labute approximate surface area is 153 Å². The van der Waals surface area contributed by atoms with E-state index in [1.165, 1.54) is 12.3 Å². The molecule has 0 saturated carbocycles. The van der Waals surface area contributed by atoms with Crippen molar-refractivity contribution in [1.29, 1.82) is 0 Å². The van der Waals surface area contributed by atoms with Gasteiger partial charge >= 0.3 is 0 Å². The molecule has 0 aliphatic heterocycles. The molecule has 3 aromatic rings. The molecule has 0 aliphatic carbocycles. The minimum Gasteiger partial charge on any atom is -0.355 e. The Morgan fingerprint density at radius 3 is 2.58 bits per heavy atom. The maximum absolute atomic E-state index is 13.9. The van der Waals surface area contributed by atoms with E-state index in [4.69, 9.17) is 0 Å². The van der Waals surface area contributed by atoms with Gasteiger partial charge < -0.3 is 10.6 Å². The van der Waals surface area contributed by atoms with Crippen LogP contribution in [0.2, 0.25) is 0 Å². The zero-order valence-corrected chi connectivity index (χ0v) is 15.0. The van der Waals surface area contributed by atoms with Crippen LogP contribution in [-0.2, 0) is 0 Å². The quantitative estimate of drug-likeness (QED) is 0.733. The van der Waals surface area contributed by atoms with Gasteiger partial charge in [-0.3, -0.25) is 9.59 Å². The maximum atomic E-state index is 13.9. The smallest absolute Gasteiger partial charge is 0.267 e. The average molecular weight is 369 g/mol. The first-order valence-electron chi connectivity index (χ1n) is 7.85. The summed E-state index contributed by atoms with van der Waals surface area (Å²) in [6.07, 6.45) is 1.42. The van der Waals surface area contributed by atoms with Crippen LogP contribution in [0, 0.1) is 12.7 Å². The Balaban J connectivity index is 1.84. The van der Waals surface area contributed by atoms with Gasteiger partial charge in [-0.2, -0.15) is 0 Å². The van der Waals surface area contributed by atoms with Gasteiger partial charge in [0.25, 0.3) is 11.8 Å². The van der Waals surface area contributed by atoms with Crippen molar-refractivity contribution in [3.8, 4) is 10.6 Å². The molecule has 0 unspecified atom stereocenters. The first-order valence-corrected chi connectivity index (χ1v) is 8.66. The standard InChI is InChI=1S/C19H16FN3O2S/c1-11-12(17(24)21-2)7-5-9-15(11)23-18(25)16-10-22-19(26-16)13-6-3-4-8-14(13)20/h3-10H,1-2H3,(H,21,24)(H,23,25). The molecule has 0 aliphatic rings. The van der Waals surface area contributed by atoms with E-state index in [1.807, 2.05) is 0 Å². The molecule has 5 nitrogen and oxygen atoms in total. The zero-order chi connectivity index (χ0) is 18.7. The van der Waals surface area contributed by atoms with Crippen LogP contribution >= 0.6 is 11.3 Å². The molecule has 132 valence electrons. The van der Waals surface area contributed by atoms with Crippen LogP contribution in [0.4, 0.5) is 10.1 Å². The van der Waals surface area contributed by atoms with E-state index >= 15 is 0 Å². The largest absolute Gasteiger partial charge is 0.355 e. The molecular weight excluding hydrogens is 353 g/mol. The molecule has 0 radical (unpaired) electrons. The Morgan fingerprint density at radius 2 is 1.85 bits per heavy atom. The molecule has 0 fully saturated rings. The predicted molar refractivity (Wildman–Crippen MR) is 100 cm³/mol. The molecule has 26 heavy (non-hydrogen) atoms. The minimum absolute atomic E-state index is 0.224. The molecule has 0 atom stereocenters. The number of rotatable bonds is 4. The second kappa shape index (κ2) is 7.45. The van der Waals surface area contributed by atoms with Crippen LogP contribution in [0.5, 0.6) is 0 Å². The number of benzene rings is 2. The lowest BCUT2D eigenvalue weighted by Crippen LogP contribution is -2.20. The molecule has 0 bridgehead atoms. The Kier molecular flexibility index (Phi) is 5.09. The maximum Gasteiger partial charge on any atom is 0.267 e. The summed E-state index contributed by atoms with van der Waals surface area (Å²) < 4.78 is 13.9. The molecule has 2 N–H and O–H groups in total. The molecule has 3 rings (SSSR count). The molecule has 0 spiro atoms. The van der Waals surface area contributed by atoms with Crippen molar-refractivity contribution in [3.05, 3.63) is 70.5 Å². The van der Waals surface area contributed by atoms with Crippen LogP contribution in [-0.4, -0.2) is 23.8 Å². The molecular formula is C19H16FN3O2S. The number of hydrogen-bond donors (Lipinski definition) is 2. The fraction of sp³-hybridized carbons (Fsp3) is 0.105. The van der Waals surface area contributed by atoms with Gasteiger partial charge in [0.2, 0.25) is 0 Å². The van der Waals surface area contributed by atoms with Gasteiger partial charge in [-0.1, -0.05) is 18.2 Å². The minimum atomic E-state index is -0.386. The number of carbonyl (C=O) groups is 2. The molecule has 1 aromatic heterocycles. The van der Waals surface area contributed by atoms with Gasteiger partial charge in [-0.25, -0.2) is 9.37 Å². The van der Waals surface area contributed by atoms with E-state index in [1.54, 1.807) is 50.4 Å². The number of halogens is 1. The summed E-state index contributed by atoms with van der Waals surface area (Å²) in [5, 5.41) is 5.78. The summed E-state index contributed by atoms with van der Waals surface area (Å²) in [6.45, 7) is 1.76. The molecule has 2 amide bonds. The van der Waals surface area contributed by atoms with E-state index in [0.29, 0.717) is 32.3 Å². The van der Waals surface area contributed by atoms with E-state index in [2.05, 4.69) is 15.6 Å². The van der Waals surface area contributed by atoms with Crippen LogP contribution in [0.1, 0.15) is 25.6 Å². The van der Waals surface area contributed by atoms with E-state index in [-0.39, 0.29) is 17.6 Å². The highest BCUT2D eigenvalue weighted by atomic mass is 32.1. The van der Waals surface area contributed by atoms with Crippen LogP contribution in [0.25, 0.3) is 10.6 Å². The third-order valence-corrected chi connectivity index (χ3v) is 4.92. The predicted octanol–water partition coefficient (Wildman–Crippen LogP) is 3.87. The SMILES string of the molecule is CNC(=O)c1cccc(NC(=O)c2cnc(-c3ccccc3F)s2)c1C. The van der Waals surface area contributed by atoms with Gasteiger partial charge in [0.1, 0.15) is 15.7 Å². The Bertz CT molecular complexity index is 984. The summed E-state index contributed by atoms with van der Waals surface area (Å²) >= 11 is 1.11. The van der Waals surface area contributed by atoms with Crippen LogP contribution < -0.4 is 10.6 Å². The van der Waals surface area contributed by atoms with E-state index < -0.39 is 0 Å². The van der Waals surface area contributed by atoms with Gasteiger partial charge in [0, 0.05) is 23.9 Å². The third kappa shape index (κ3) is 3.48. The number of carbonyl (C=O) groups excluding carboxylic acids is 2. The monoisotopic (exact) mass is 369 g/mol. The van der Waals surface area contributed by atoms with Gasteiger partial charge in [0.05, 0.1) is 6.20 Å². The molecule has 1 heterocycles. The van der Waals surface area contributed by atoms with Gasteiger partial charge in [0.15, 0.2) is 0 Å². The summed E-state index contributed by atoms with van der Waals surface area (Å²) in [7, 11) is 1.55. The number of hydrogen-bond acceptors (Lipinski definition) is 4. The second-order valence-electron chi connectivity index (χ2n) is 5.52. The number of anilines is 1. The van der Waals surface area contributed by atoms with Gasteiger partial charge in [-0.15, -0.1) is 11.3 Å². The number of aromatic nitrogens is 1. The van der Waals surface area contributed by atoms with Crippen molar-refractivity contribution in [3.63, 3.8) is 0 Å². The average Bonchev–Trinajstić information content (AvgIpc) is 3.13. The van der Waals surface area contributed by atoms with Crippen molar-refractivity contribution in [1.82, 2.24) is 10.3 Å². The summed E-state index contributed by atoms with van der Waals surface area (Å²) in [5.41, 5.74) is 2.05. The van der Waals surface area contributed by atoms with Crippen molar-refractivity contribution >= 4 is 28.8 Å². The van der Waals surface area contributed by atoms with E-state index in [0.717, 1.165) is 11.3 Å². The fourth-order valence-electron chi connectivity index (χ4n) is 2.47. The number of nitrogens with zero attached hydrogens (tertiary/aromatic N) is 1. The second-order valence-corrected chi connectivity index (χ2v) is 6.55. The van der Waals surface area contributed by atoms with Crippen molar-refractivity contribution < 1.29 is 14.0 Å². The highest BCUT2D eigenvalue weighted by molar-refractivity contribution is 7.17. The zero-order valence-electron chi connectivity index (χ0n) is 14.2. The Hall–Kier alpha value is -3.06. The van der Waals surface area contributed by atoms with Crippen molar-refractivity contribution in [2.24, 2.45) is 0 Å². The summed E-state index contributed by atoms with van der Waals surface area (Å²) in [4.78, 5) is 28.9. The first kappa shape index (κ1) is 17.8. The lowest BCUT2D eigenvalue weighted by Gasteiger charge is -2.11. The first-order chi connectivity index (χ1) is 12.5. The molecule has 0 saturated heterocycles. The lowest BCUT2D eigenvalue weighted by atomic mass is 10.1.